The summed E-state index contributed by atoms with van der Waals surface area (Å²) in [7, 11) is 1.58. The van der Waals surface area contributed by atoms with Crippen molar-refractivity contribution < 1.29 is 19.5 Å². The van der Waals surface area contributed by atoms with Gasteiger partial charge in [-0.05, 0) is 32.6 Å². The summed E-state index contributed by atoms with van der Waals surface area (Å²) in [5, 5.41) is 15.4. The van der Waals surface area contributed by atoms with Gasteiger partial charge in [0.05, 0.1) is 24.5 Å². The molecular weight excluding hydrogens is 358 g/mol. The first kappa shape index (κ1) is 22.4. The van der Waals surface area contributed by atoms with Crippen molar-refractivity contribution in [3.63, 3.8) is 0 Å². The largest absolute Gasteiger partial charge is 0.394 e. The second-order valence-corrected chi connectivity index (χ2v) is 8.12. The van der Waals surface area contributed by atoms with Crippen LogP contribution in [-0.4, -0.2) is 59.5 Å². The summed E-state index contributed by atoms with van der Waals surface area (Å²) in [5.41, 5.74) is 0. The number of amides is 3. The highest BCUT2D eigenvalue weighted by atomic mass is 16.3. The molecule has 28 heavy (non-hydrogen) atoms. The molecule has 1 heterocycles. The van der Waals surface area contributed by atoms with Crippen molar-refractivity contribution in [2.75, 3.05) is 13.7 Å². The lowest BCUT2D eigenvalue weighted by Gasteiger charge is -2.34. The topological polar surface area (TPSA) is 98.7 Å². The molecule has 0 aromatic rings. The van der Waals surface area contributed by atoms with Crippen molar-refractivity contribution in [3.8, 4) is 0 Å². The van der Waals surface area contributed by atoms with E-state index in [4.69, 9.17) is 0 Å². The first-order valence-electron chi connectivity index (χ1n) is 10.5. The number of nitrogens with one attached hydrogen (secondary N) is 2. The van der Waals surface area contributed by atoms with Crippen LogP contribution < -0.4 is 10.6 Å². The Balaban J connectivity index is 2.44. The number of nitrogens with zero attached hydrogens (tertiary/aromatic N) is 1. The summed E-state index contributed by atoms with van der Waals surface area (Å²) < 4.78 is 0. The third kappa shape index (κ3) is 4.09. The maximum atomic E-state index is 13.4. The molecule has 7 nitrogen and oxygen atoms in total. The van der Waals surface area contributed by atoms with E-state index in [0.29, 0.717) is 0 Å². The third-order valence-corrected chi connectivity index (χ3v) is 6.19. The van der Waals surface area contributed by atoms with Crippen LogP contribution in [0.2, 0.25) is 0 Å². The Morgan fingerprint density at radius 1 is 1.21 bits per heavy atom. The van der Waals surface area contributed by atoms with Crippen molar-refractivity contribution in [2.24, 2.45) is 23.7 Å². The Morgan fingerprint density at radius 2 is 1.89 bits per heavy atom. The molecule has 1 aliphatic heterocycles. The Bertz CT molecular complexity index is 621. The van der Waals surface area contributed by atoms with Crippen LogP contribution >= 0.6 is 0 Å². The molecular formula is C21H35N3O4. The predicted molar refractivity (Wildman–Crippen MR) is 107 cm³/mol. The van der Waals surface area contributed by atoms with Crippen molar-refractivity contribution in [2.45, 2.75) is 65.1 Å². The lowest BCUT2D eigenvalue weighted by molar-refractivity contribution is -0.143. The van der Waals surface area contributed by atoms with E-state index >= 15 is 0 Å². The van der Waals surface area contributed by atoms with E-state index in [2.05, 4.69) is 17.6 Å². The predicted octanol–water partition coefficient (Wildman–Crippen LogP) is 1.07. The Hall–Kier alpha value is -1.89. The fraction of sp³-hybridized carbons (Fsp3) is 0.762. The number of aliphatic hydroxyl groups is 1. The number of likely N-dealkylation sites (tertiary alicyclic amines) is 1. The molecule has 1 saturated heterocycles. The lowest BCUT2D eigenvalue weighted by atomic mass is 9.69. The van der Waals surface area contributed by atoms with Crippen LogP contribution in [-0.2, 0) is 14.4 Å². The van der Waals surface area contributed by atoms with Crippen molar-refractivity contribution in [1.29, 1.82) is 0 Å². The molecule has 158 valence electrons. The van der Waals surface area contributed by atoms with E-state index in [1.165, 1.54) is 4.90 Å². The van der Waals surface area contributed by atoms with Crippen LogP contribution in [0, 0.1) is 23.7 Å². The van der Waals surface area contributed by atoms with Gasteiger partial charge in [-0.1, -0.05) is 32.4 Å². The van der Waals surface area contributed by atoms with E-state index in [1.54, 1.807) is 14.0 Å². The number of allylic oxidation sites excluding steroid dienone is 1. The van der Waals surface area contributed by atoms with Crippen molar-refractivity contribution in [1.82, 2.24) is 15.5 Å². The van der Waals surface area contributed by atoms with Crippen LogP contribution in [0.1, 0.15) is 47.0 Å². The van der Waals surface area contributed by atoms with E-state index in [-0.39, 0.29) is 42.2 Å². The van der Waals surface area contributed by atoms with Gasteiger partial charge in [-0.2, -0.15) is 0 Å². The summed E-state index contributed by atoms with van der Waals surface area (Å²) in [4.78, 5) is 40.7. The molecule has 7 atom stereocenters. The SMILES string of the molecule is CCCC(C)NC(=O)[C@@H]1[C@H]2C=C[C@@H](CC)[C@@H](C(=O)NC)[C@@H]2C(=O)N1[C@H](C)CO. The molecule has 1 unspecified atom stereocenters. The summed E-state index contributed by atoms with van der Waals surface area (Å²) >= 11 is 0. The molecule has 2 rings (SSSR count). The highest BCUT2D eigenvalue weighted by Crippen LogP contribution is 2.45. The number of rotatable bonds is 8. The van der Waals surface area contributed by atoms with E-state index in [0.717, 1.165) is 19.3 Å². The van der Waals surface area contributed by atoms with Gasteiger partial charge >= 0.3 is 0 Å². The monoisotopic (exact) mass is 393 g/mol. The van der Waals surface area contributed by atoms with Gasteiger partial charge in [-0.3, -0.25) is 14.4 Å². The Labute approximate surface area is 167 Å². The summed E-state index contributed by atoms with van der Waals surface area (Å²) in [6.07, 6.45) is 6.46. The zero-order valence-electron chi connectivity index (χ0n) is 17.6. The molecule has 1 aliphatic carbocycles. The molecule has 0 saturated carbocycles. The first-order valence-corrected chi connectivity index (χ1v) is 10.5. The lowest BCUT2D eigenvalue weighted by Crippen LogP contribution is -2.52. The average molecular weight is 394 g/mol. The summed E-state index contributed by atoms with van der Waals surface area (Å²) in [6.45, 7) is 7.51. The molecule has 3 N–H and O–H groups in total. The Kier molecular flexibility index (Phi) is 7.63. The molecule has 1 fully saturated rings. The highest BCUT2D eigenvalue weighted by molar-refractivity contribution is 5.97. The smallest absolute Gasteiger partial charge is 0.243 e. The molecule has 3 amide bonds. The zero-order valence-corrected chi connectivity index (χ0v) is 17.6. The van der Waals surface area contributed by atoms with Crippen LogP contribution in [0.4, 0.5) is 0 Å². The van der Waals surface area contributed by atoms with Crippen LogP contribution in [0.3, 0.4) is 0 Å². The number of hydrogen-bond donors (Lipinski definition) is 3. The molecule has 0 spiro atoms. The molecule has 0 bridgehead atoms. The highest BCUT2D eigenvalue weighted by Gasteiger charge is 2.57. The standard InChI is InChI=1S/C21H35N3O4/c1-6-8-12(3)23-20(27)18-15-10-9-14(7-2)16(19(26)22-5)17(15)21(28)24(18)13(4)11-25/h9-10,12-18,25H,6-8,11H2,1-5H3,(H,22,26)(H,23,27)/t12?,13-,14-,15+,16-,17-,18+/m1/s1. The second-order valence-electron chi connectivity index (χ2n) is 8.12. The minimum absolute atomic E-state index is 0.00336. The van der Waals surface area contributed by atoms with Gasteiger partial charge in [0.1, 0.15) is 6.04 Å². The first-order chi connectivity index (χ1) is 13.3. The van der Waals surface area contributed by atoms with Gasteiger partial charge < -0.3 is 20.6 Å². The molecule has 0 aromatic heterocycles. The number of hydrogen-bond acceptors (Lipinski definition) is 4. The van der Waals surface area contributed by atoms with Crippen molar-refractivity contribution in [3.05, 3.63) is 12.2 Å². The van der Waals surface area contributed by atoms with Gasteiger partial charge in [0.15, 0.2) is 0 Å². The fourth-order valence-corrected chi connectivity index (χ4v) is 4.76. The van der Waals surface area contributed by atoms with Gasteiger partial charge in [-0.15, -0.1) is 0 Å². The molecule has 0 radical (unpaired) electrons. The third-order valence-electron chi connectivity index (χ3n) is 6.19. The minimum atomic E-state index is -0.708. The summed E-state index contributed by atoms with van der Waals surface area (Å²) in [5.74, 6) is -2.10. The second kappa shape index (κ2) is 9.54. The van der Waals surface area contributed by atoms with Crippen LogP contribution in [0.15, 0.2) is 12.2 Å². The quantitative estimate of drug-likeness (QED) is 0.537. The van der Waals surface area contributed by atoms with Crippen LogP contribution in [0.25, 0.3) is 0 Å². The van der Waals surface area contributed by atoms with E-state index in [9.17, 15) is 19.5 Å². The molecule has 0 aromatic carbocycles. The van der Waals surface area contributed by atoms with Gasteiger partial charge in [0.25, 0.3) is 0 Å². The van der Waals surface area contributed by atoms with Gasteiger partial charge in [0.2, 0.25) is 17.7 Å². The van der Waals surface area contributed by atoms with Crippen LogP contribution in [0.5, 0.6) is 0 Å². The van der Waals surface area contributed by atoms with Gasteiger partial charge in [0, 0.05) is 19.0 Å². The minimum Gasteiger partial charge on any atom is -0.394 e. The number of carbonyl (C=O) groups is 3. The van der Waals surface area contributed by atoms with E-state index in [1.807, 2.05) is 26.0 Å². The summed E-state index contributed by atoms with van der Waals surface area (Å²) in [6, 6.07) is -1.20. The number of aliphatic hydroxyl groups excluding tert-OH is 1. The number of fused-ring (bicyclic) bond motifs is 1. The maximum absolute atomic E-state index is 13.4. The van der Waals surface area contributed by atoms with Crippen molar-refractivity contribution >= 4 is 17.7 Å². The van der Waals surface area contributed by atoms with Gasteiger partial charge in [-0.25, -0.2) is 0 Å². The number of carbonyl (C=O) groups excluding carboxylic acids is 3. The average Bonchev–Trinajstić information content (AvgIpc) is 2.98. The molecule has 7 heteroatoms. The maximum Gasteiger partial charge on any atom is 0.243 e. The fourth-order valence-electron chi connectivity index (χ4n) is 4.76. The normalized spacial score (nSPS) is 31.3. The Morgan fingerprint density at radius 3 is 2.43 bits per heavy atom. The zero-order chi connectivity index (χ0) is 21.0. The molecule has 2 aliphatic rings. The van der Waals surface area contributed by atoms with E-state index < -0.39 is 23.9 Å².